The van der Waals surface area contributed by atoms with Gasteiger partial charge in [-0.05, 0) is 0 Å². The summed E-state index contributed by atoms with van der Waals surface area (Å²) in [4.78, 5) is 4.17. The molecule has 56 valence electrons. The molecule has 2 rings (SSSR count). The smallest absolute Gasteiger partial charge is 0.125 e. The van der Waals surface area contributed by atoms with Crippen LogP contribution in [0.25, 0.3) is 0 Å². The zero-order valence-electron chi connectivity index (χ0n) is 5.41. The predicted molar refractivity (Wildman–Crippen MR) is 43.1 cm³/mol. The molecule has 0 aliphatic carbocycles. The van der Waals surface area contributed by atoms with E-state index in [1.54, 1.807) is 6.34 Å². The van der Waals surface area contributed by atoms with Gasteiger partial charge in [0.25, 0.3) is 0 Å². The van der Waals surface area contributed by atoms with Crippen LogP contribution in [0.3, 0.4) is 0 Å². The molecule has 0 bridgehead atoms. The van der Waals surface area contributed by atoms with Crippen molar-refractivity contribution in [2.45, 2.75) is 17.7 Å². The van der Waals surface area contributed by atoms with E-state index in [-0.39, 0.29) is 11.7 Å². The fourth-order valence-corrected chi connectivity index (χ4v) is 1.46. The maximum Gasteiger partial charge on any atom is 0.125 e. The first-order valence-corrected chi connectivity index (χ1v) is 3.83. The molecule has 0 aromatic carbocycles. The molecule has 0 saturated carbocycles. The van der Waals surface area contributed by atoms with Gasteiger partial charge in [0, 0.05) is 6.54 Å². The number of nitrogens with zero attached hydrogens (tertiary/aromatic N) is 1. The van der Waals surface area contributed by atoms with Crippen molar-refractivity contribution < 1.29 is 0 Å². The molecule has 0 spiro atoms. The third-order valence-corrected chi connectivity index (χ3v) is 2.10. The summed E-state index contributed by atoms with van der Waals surface area (Å²) in [5.74, 6) is 0. The lowest BCUT2D eigenvalue weighted by atomic mass is 10.2. The van der Waals surface area contributed by atoms with Gasteiger partial charge in [0.15, 0.2) is 0 Å². The van der Waals surface area contributed by atoms with Gasteiger partial charge in [0.05, 0.1) is 12.4 Å². The van der Waals surface area contributed by atoms with Crippen LogP contribution < -0.4 is 16.0 Å². The summed E-state index contributed by atoms with van der Waals surface area (Å²) in [6.07, 6.45) is 1.96. The van der Waals surface area contributed by atoms with Crippen molar-refractivity contribution in [2.75, 3.05) is 6.54 Å². The van der Waals surface area contributed by atoms with E-state index in [2.05, 4.69) is 33.6 Å². The van der Waals surface area contributed by atoms with Crippen LogP contribution in [0, 0.1) is 0 Å². The van der Waals surface area contributed by atoms with Gasteiger partial charge in [0.2, 0.25) is 0 Å². The number of hydrogen-bond donors (Lipinski definition) is 4. The summed E-state index contributed by atoms with van der Waals surface area (Å²) < 4.78 is 0. The van der Waals surface area contributed by atoms with E-state index in [1.165, 1.54) is 0 Å². The van der Waals surface area contributed by atoms with Crippen LogP contribution in [0.15, 0.2) is 4.99 Å². The van der Waals surface area contributed by atoms with E-state index in [0.717, 1.165) is 6.54 Å². The van der Waals surface area contributed by atoms with Crippen molar-refractivity contribution in [3.8, 4) is 0 Å². The molecule has 0 aromatic heterocycles. The van der Waals surface area contributed by atoms with Gasteiger partial charge in [-0.2, -0.15) is 0 Å². The average molecular weight is 158 g/mol. The Morgan fingerprint density at radius 2 is 2.50 bits per heavy atom. The van der Waals surface area contributed by atoms with Gasteiger partial charge in [0.1, 0.15) is 11.7 Å². The van der Waals surface area contributed by atoms with Crippen molar-refractivity contribution in [2.24, 2.45) is 4.99 Å². The second kappa shape index (κ2) is 2.41. The molecule has 3 atom stereocenters. The Morgan fingerprint density at radius 3 is 3.40 bits per heavy atom. The minimum atomic E-state index is 0.0818. The third-order valence-electron chi connectivity index (χ3n) is 1.76. The van der Waals surface area contributed by atoms with E-state index in [0.29, 0.717) is 6.04 Å². The highest BCUT2D eigenvalue weighted by Gasteiger charge is 2.29. The minimum Gasteiger partial charge on any atom is -0.369 e. The van der Waals surface area contributed by atoms with E-state index in [4.69, 9.17) is 0 Å². The molecular formula is C5H10N4S. The maximum absolute atomic E-state index is 4.22. The topological polar surface area (TPSA) is 48.5 Å². The van der Waals surface area contributed by atoms with Crippen LogP contribution in [0.1, 0.15) is 0 Å². The fraction of sp³-hybridized carbons (Fsp3) is 0.800. The maximum atomic E-state index is 4.22. The normalized spacial score (nSPS) is 44.7. The lowest BCUT2D eigenvalue weighted by molar-refractivity contribution is 0.335. The first-order chi connectivity index (χ1) is 4.86. The Hall–Kier alpha value is -0.260. The molecule has 4 nitrogen and oxygen atoms in total. The van der Waals surface area contributed by atoms with E-state index >= 15 is 0 Å². The molecule has 10 heavy (non-hydrogen) atoms. The number of thiol groups is 1. The molecular weight excluding hydrogens is 148 g/mol. The number of hydrogen-bond acceptors (Lipinski definition) is 5. The summed E-state index contributed by atoms with van der Waals surface area (Å²) in [5, 5.41) is 9.46. The SMILES string of the molecule is SC1NCC2NC=NC2N1. The van der Waals surface area contributed by atoms with Crippen molar-refractivity contribution in [1.82, 2.24) is 16.0 Å². The second-order valence-corrected chi connectivity index (χ2v) is 2.99. The molecule has 3 N–H and O–H groups in total. The summed E-state index contributed by atoms with van der Waals surface area (Å²) >= 11 is 4.22. The molecule has 1 fully saturated rings. The monoisotopic (exact) mass is 158 g/mol. The van der Waals surface area contributed by atoms with Gasteiger partial charge < -0.3 is 5.32 Å². The summed E-state index contributed by atoms with van der Waals surface area (Å²) in [7, 11) is 0. The van der Waals surface area contributed by atoms with Crippen LogP contribution in [0.2, 0.25) is 0 Å². The Kier molecular flexibility index (Phi) is 1.55. The van der Waals surface area contributed by atoms with E-state index < -0.39 is 0 Å². The zero-order chi connectivity index (χ0) is 6.97. The predicted octanol–water partition coefficient (Wildman–Crippen LogP) is -1.28. The Morgan fingerprint density at radius 1 is 1.60 bits per heavy atom. The first kappa shape index (κ1) is 6.45. The quantitative estimate of drug-likeness (QED) is 0.332. The van der Waals surface area contributed by atoms with Gasteiger partial charge >= 0.3 is 0 Å². The van der Waals surface area contributed by atoms with E-state index in [9.17, 15) is 0 Å². The molecule has 0 radical (unpaired) electrons. The van der Waals surface area contributed by atoms with Crippen molar-refractivity contribution in [3.05, 3.63) is 0 Å². The average Bonchev–Trinajstić information content (AvgIpc) is 2.33. The van der Waals surface area contributed by atoms with Gasteiger partial charge in [-0.15, -0.1) is 12.6 Å². The summed E-state index contributed by atoms with van der Waals surface area (Å²) in [6.45, 7) is 0.922. The highest BCUT2D eigenvalue weighted by atomic mass is 32.1. The minimum absolute atomic E-state index is 0.0818. The lowest BCUT2D eigenvalue weighted by Crippen LogP contribution is -2.59. The molecule has 2 aliphatic heterocycles. The van der Waals surface area contributed by atoms with Gasteiger partial charge in [-0.25, -0.2) is 0 Å². The van der Waals surface area contributed by atoms with Crippen LogP contribution >= 0.6 is 12.6 Å². The Balaban J connectivity index is 2.01. The number of aliphatic imine (C=N–C) groups is 1. The largest absolute Gasteiger partial charge is 0.369 e. The van der Waals surface area contributed by atoms with Crippen LogP contribution in [-0.4, -0.2) is 30.6 Å². The summed E-state index contributed by atoms with van der Waals surface area (Å²) in [5.41, 5.74) is 0.0818. The molecule has 5 heteroatoms. The first-order valence-electron chi connectivity index (χ1n) is 3.31. The molecule has 2 heterocycles. The molecule has 3 unspecified atom stereocenters. The van der Waals surface area contributed by atoms with Crippen molar-refractivity contribution in [1.29, 1.82) is 0 Å². The van der Waals surface area contributed by atoms with Crippen LogP contribution in [0.4, 0.5) is 0 Å². The Labute approximate surface area is 64.9 Å². The van der Waals surface area contributed by atoms with Gasteiger partial charge in [-0.3, -0.25) is 15.6 Å². The molecule has 2 aliphatic rings. The van der Waals surface area contributed by atoms with E-state index in [1.807, 2.05) is 0 Å². The van der Waals surface area contributed by atoms with Crippen molar-refractivity contribution >= 4 is 19.0 Å². The van der Waals surface area contributed by atoms with Crippen LogP contribution in [-0.2, 0) is 0 Å². The summed E-state index contributed by atoms with van der Waals surface area (Å²) in [6, 6.07) is 0.406. The Bertz CT molecular complexity index is 160. The van der Waals surface area contributed by atoms with Crippen molar-refractivity contribution in [3.63, 3.8) is 0 Å². The standard InChI is InChI=1S/C5H10N4S/c10-5-6-1-3-4(9-5)8-2-7-3/h2-6,9-10H,1H2,(H,7,8). The highest BCUT2D eigenvalue weighted by Crippen LogP contribution is 2.06. The second-order valence-electron chi connectivity index (χ2n) is 2.47. The lowest BCUT2D eigenvalue weighted by Gasteiger charge is -2.30. The fourth-order valence-electron chi connectivity index (χ4n) is 1.20. The molecule has 0 aromatic rings. The van der Waals surface area contributed by atoms with Crippen LogP contribution in [0.5, 0.6) is 0 Å². The zero-order valence-corrected chi connectivity index (χ0v) is 6.31. The molecule has 1 saturated heterocycles. The highest BCUT2D eigenvalue weighted by molar-refractivity contribution is 7.80. The number of nitrogens with one attached hydrogen (secondary N) is 3. The number of fused-ring (bicyclic) bond motifs is 1. The third kappa shape index (κ3) is 1.00. The molecule has 0 amide bonds. The number of rotatable bonds is 0. The van der Waals surface area contributed by atoms with Gasteiger partial charge in [-0.1, -0.05) is 0 Å².